The van der Waals surface area contributed by atoms with E-state index in [0.717, 1.165) is 33.7 Å². The number of ether oxygens (including phenoxy) is 2. The Balaban J connectivity index is 1.19. The number of aromatic nitrogens is 1. The molecule has 2 aliphatic heterocycles. The normalized spacial score (nSPS) is 13.9. The summed E-state index contributed by atoms with van der Waals surface area (Å²) < 4.78 is 10.8. The second-order valence-electron chi connectivity index (χ2n) is 8.63. The van der Waals surface area contributed by atoms with Gasteiger partial charge in [0.2, 0.25) is 18.6 Å². The van der Waals surface area contributed by atoms with Crippen molar-refractivity contribution in [2.24, 2.45) is 0 Å². The SMILES string of the molecule is Cc1ncc2c(c1CNC(=O)CSc1ccccc1)CCN(C(=O)Cc1ccc3c(c1)OCO3)C2. The number of hydrogen-bond donors (Lipinski definition) is 1. The van der Waals surface area contributed by atoms with Crippen LogP contribution < -0.4 is 14.8 Å². The molecule has 0 spiro atoms. The van der Waals surface area contributed by atoms with E-state index in [1.807, 2.05) is 66.6 Å². The molecule has 2 aromatic carbocycles. The standard InChI is InChI=1S/C27H27N3O4S/c1-18-23(14-29-26(31)16-35-21-5-3-2-4-6-21)22-9-10-30(15-20(22)13-28-18)27(32)12-19-7-8-24-25(11-19)34-17-33-24/h2-8,11,13H,9-10,12,14-17H2,1H3,(H,29,31). The number of thioether (sulfide) groups is 1. The molecule has 0 unspecified atom stereocenters. The molecule has 0 atom stereocenters. The second kappa shape index (κ2) is 10.4. The summed E-state index contributed by atoms with van der Waals surface area (Å²) in [7, 11) is 0. The van der Waals surface area contributed by atoms with Crippen molar-refractivity contribution in [1.82, 2.24) is 15.2 Å². The van der Waals surface area contributed by atoms with Crippen LogP contribution in [0.5, 0.6) is 11.5 Å². The van der Waals surface area contributed by atoms with Gasteiger partial charge < -0.3 is 19.7 Å². The van der Waals surface area contributed by atoms with Crippen LogP contribution in [0.2, 0.25) is 0 Å². The Hall–Kier alpha value is -3.52. The Morgan fingerprint density at radius 3 is 2.80 bits per heavy atom. The quantitative estimate of drug-likeness (QED) is 0.511. The molecular formula is C27H27N3O4S. The lowest BCUT2D eigenvalue weighted by molar-refractivity contribution is -0.131. The number of carbonyl (C=O) groups excluding carboxylic acids is 2. The monoisotopic (exact) mass is 489 g/mol. The summed E-state index contributed by atoms with van der Waals surface area (Å²) in [5, 5.41) is 3.04. The average molecular weight is 490 g/mol. The lowest BCUT2D eigenvalue weighted by Gasteiger charge is -2.30. The minimum absolute atomic E-state index is 0.00723. The molecule has 8 heteroatoms. The molecule has 3 heterocycles. The molecule has 1 N–H and O–H groups in total. The van der Waals surface area contributed by atoms with Crippen molar-refractivity contribution in [3.05, 3.63) is 82.7 Å². The molecule has 1 aromatic heterocycles. The van der Waals surface area contributed by atoms with E-state index in [2.05, 4.69) is 10.3 Å². The maximum absolute atomic E-state index is 13.0. The van der Waals surface area contributed by atoms with Crippen molar-refractivity contribution in [1.29, 1.82) is 0 Å². The van der Waals surface area contributed by atoms with Gasteiger partial charge in [-0.1, -0.05) is 24.3 Å². The lowest BCUT2D eigenvalue weighted by atomic mass is 9.94. The zero-order chi connectivity index (χ0) is 24.2. The number of rotatable bonds is 7. The molecule has 3 aromatic rings. The topological polar surface area (TPSA) is 80.8 Å². The van der Waals surface area contributed by atoms with Gasteiger partial charge in [0.25, 0.3) is 0 Å². The molecule has 2 aliphatic rings. The van der Waals surface area contributed by atoms with Gasteiger partial charge in [0, 0.05) is 36.4 Å². The highest BCUT2D eigenvalue weighted by Crippen LogP contribution is 2.33. The Labute approximate surface area is 208 Å². The van der Waals surface area contributed by atoms with Crippen LogP contribution in [-0.2, 0) is 35.5 Å². The van der Waals surface area contributed by atoms with E-state index in [1.165, 1.54) is 17.3 Å². The van der Waals surface area contributed by atoms with Gasteiger partial charge in [-0.25, -0.2) is 0 Å². The minimum atomic E-state index is -0.00723. The van der Waals surface area contributed by atoms with Gasteiger partial charge in [-0.05, 0) is 59.9 Å². The first-order valence-electron chi connectivity index (χ1n) is 11.6. The van der Waals surface area contributed by atoms with Gasteiger partial charge in [-0.2, -0.15) is 0 Å². The van der Waals surface area contributed by atoms with Gasteiger partial charge in [0.1, 0.15) is 0 Å². The van der Waals surface area contributed by atoms with E-state index in [1.54, 1.807) is 0 Å². The maximum Gasteiger partial charge on any atom is 0.231 e. The van der Waals surface area contributed by atoms with Gasteiger partial charge in [-0.3, -0.25) is 14.6 Å². The predicted octanol–water partition coefficient (Wildman–Crippen LogP) is 3.65. The summed E-state index contributed by atoms with van der Waals surface area (Å²) in [6, 6.07) is 15.5. The van der Waals surface area contributed by atoms with Gasteiger partial charge in [0.05, 0.1) is 12.2 Å². The Kier molecular flexibility index (Phi) is 6.90. The summed E-state index contributed by atoms with van der Waals surface area (Å²) in [4.78, 5) is 32.9. The summed E-state index contributed by atoms with van der Waals surface area (Å²) in [6.07, 6.45) is 2.92. The van der Waals surface area contributed by atoms with E-state index in [0.29, 0.717) is 43.3 Å². The molecule has 0 fully saturated rings. The van der Waals surface area contributed by atoms with Crippen molar-refractivity contribution in [3.8, 4) is 11.5 Å². The number of aryl methyl sites for hydroxylation is 1. The fraction of sp³-hybridized carbons (Fsp3) is 0.296. The fourth-order valence-electron chi connectivity index (χ4n) is 4.41. The molecule has 2 amide bonds. The predicted molar refractivity (Wildman–Crippen MR) is 133 cm³/mol. The summed E-state index contributed by atoms with van der Waals surface area (Å²) in [5.41, 5.74) is 5.12. The molecule has 0 radical (unpaired) electrons. The molecular weight excluding hydrogens is 462 g/mol. The first-order valence-corrected chi connectivity index (χ1v) is 12.6. The molecule has 5 rings (SSSR count). The largest absolute Gasteiger partial charge is 0.454 e. The number of benzene rings is 2. The highest BCUT2D eigenvalue weighted by molar-refractivity contribution is 8.00. The summed E-state index contributed by atoms with van der Waals surface area (Å²) in [6.45, 7) is 3.80. The van der Waals surface area contributed by atoms with Crippen LogP contribution in [0.1, 0.15) is 27.9 Å². The maximum atomic E-state index is 13.0. The van der Waals surface area contributed by atoms with Gasteiger partial charge in [0.15, 0.2) is 11.5 Å². The van der Waals surface area contributed by atoms with E-state index >= 15 is 0 Å². The third kappa shape index (κ3) is 5.43. The number of fused-ring (bicyclic) bond motifs is 2. The first-order chi connectivity index (χ1) is 17.1. The lowest BCUT2D eigenvalue weighted by Crippen LogP contribution is -2.38. The molecule has 35 heavy (non-hydrogen) atoms. The van der Waals surface area contributed by atoms with Gasteiger partial charge >= 0.3 is 0 Å². The smallest absolute Gasteiger partial charge is 0.231 e. The Bertz CT molecular complexity index is 1250. The molecule has 180 valence electrons. The van der Waals surface area contributed by atoms with Crippen molar-refractivity contribution in [2.75, 3.05) is 19.1 Å². The van der Waals surface area contributed by atoms with Crippen LogP contribution in [0.15, 0.2) is 59.6 Å². The zero-order valence-electron chi connectivity index (χ0n) is 19.6. The average Bonchev–Trinajstić information content (AvgIpc) is 3.35. The summed E-state index contributed by atoms with van der Waals surface area (Å²) >= 11 is 1.52. The van der Waals surface area contributed by atoms with E-state index in [9.17, 15) is 9.59 Å². The van der Waals surface area contributed by atoms with Crippen LogP contribution in [0, 0.1) is 6.92 Å². The third-order valence-electron chi connectivity index (χ3n) is 6.32. The van der Waals surface area contributed by atoms with E-state index in [4.69, 9.17) is 9.47 Å². The molecule has 0 saturated carbocycles. The van der Waals surface area contributed by atoms with Crippen LogP contribution >= 0.6 is 11.8 Å². The second-order valence-corrected chi connectivity index (χ2v) is 9.68. The number of nitrogens with one attached hydrogen (secondary N) is 1. The number of nitrogens with zero attached hydrogens (tertiary/aromatic N) is 2. The zero-order valence-corrected chi connectivity index (χ0v) is 20.4. The molecule has 0 bridgehead atoms. The highest BCUT2D eigenvalue weighted by Gasteiger charge is 2.25. The van der Waals surface area contributed by atoms with Crippen molar-refractivity contribution in [2.45, 2.75) is 37.8 Å². The molecule has 0 aliphatic carbocycles. The highest BCUT2D eigenvalue weighted by atomic mass is 32.2. The van der Waals surface area contributed by atoms with Crippen molar-refractivity contribution >= 4 is 23.6 Å². The number of amides is 2. The first kappa shape index (κ1) is 23.2. The van der Waals surface area contributed by atoms with Crippen LogP contribution in [-0.4, -0.2) is 40.8 Å². The Morgan fingerprint density at radius 2 is 1.94 bits per heavy atom. The van der Waals surface area contributed by atoms with Crippen LogP contribution in [0.4, 0.5) is 0 Å². The van der Waals surface area contributed by atoms with Crippen LogP contribution in [0.3, 0.4) is 0 Å². The fourth-order valence-corrected chi connectivity index (χ4v) is 5.16. The molecule has 0 saturated heterocycles. The number of carbonyl (C=O) groups is 2. The van der Waals surface area contributed by atoms with E-state index in [-0.39, 0.29) is 18.6 Å². The Morgan fingerprint density at radius 1 is 1.11 bits per heavy atom. The molecule has 7 nitrogen and oxygen atoms in total. The van der Waals surface area contributed by atoms with E-state index < -0.39 is 0 Å². The number of pyridine rings is 1. The number of hydrogen-bond acceptors (Lipinski definition) is 6. The third-order valence-corrected chi connectivity index (χ3v) is 7.33. The van der Waals surface area contributed by atoms with Crippen molar-refractivity contribution in [3.63, 3.8) is 0 Å². The van der Waals surface area contributed by atoms with Crippen LogP contribution in [0.25, 0.3) is 0 Å². The minimum Gasteiger partial charge on any atom is -0.454 e. The summed E-state index contributed by atoms with van der Waals surface area (Å²) in [5.74, 6) is 1.84. The van der Waals surface area contributed by atoms with Crippen molar-refractivity contribution < 1.29 is 19.1 Å². The van der Waals surface area contributed by atoms with Gasteiger partial charge in [-0.15, -0.1) is 11.8 Å².